The monoisotopic (exact) mass is 612 g/mol. The zero-order chi connectivity index (χ0) is 31.9. The van der Waals surface area contributed by atoms with Gasteiger partial charge in [0.05, 0.1) is 11.4 Å². The molecule has 0 radical (unpaired) electrons. The average molecular weight is 613 g/mol. The van der Waals surface area contributed by atoms with Crippen molar-refractivity contribution in [3.05, 3.63) is 170 Å². The van der Waals surface area contributed by atoms with E-state index in [2.05, 4.69) is 109 Å². The molecule has 7 aromatic carbocycles. The molecule has 2 aromatic heterocycles. The molecule has 4 nitrogen and oxygen atoms in total. The molecule has 0 bridgehead atoms. The Hall–Kier alpha value is -6.52. The van der Waals surface area contributed by atoms with Crippen LogP contribution in [0.15, 0.2) is 170 Å². The fraction of sp³-hybridized carbons (Fsp3) is 0. The molecule has 0 fully saturated rings. The van der Waals surface area contributed by atoms with E-state index in [4.69, 9.17) is 19.9 Å². The predicted octanol–water partition coefficient (Wildman–Crippen LogP) is 11.1. The highest BCUT2D eigenvalue weighted by Crippen LogP contribution is 2.37. The summed E-state index contributed by atoms with van der Waals surface area (Å²) in [6.45, 7) is 0. The van der Waals surface area contributed by atoms with Crippen LogP contribution >= 0.6 is 0 Å². The number of aromatic nitrogens is 4. The summed E-state index contributed by atoms with van der Waals surface area (Å²) in [6.07, 6.45) is 0. The topological polar surface area (TPSA) is 51.6 Å². The van der Waals surface area contributed by atoms with E-state index in [1.165, 1.54) is 32.3 Å². The first-order valence-corrected chi connectivity index (χ1v) is 16.1. The van der Waals surface area contributed by atoms with Gasteiger partial charge in [-0.2, -0.15) is 0 Å². The van der Waals surface area contributed by atoms with E-state index in [0.717, 1.165) is 39.2 Å². The van der Waals surface area contributed by atoms with Crippen LogP contribution in [0.5, 0.6) is 0 Å². The molecule has 0 saturated heterocycles. The molecule has 0 saturated carbocycles. The molecule has 4 heteroatoms. The summed E-state index contributed by atoms with van der Waals surface area (Å²) in [4.78, 5) is 20.0. The molecule has 0 atom stereocenters. The van der Waals surface area contributed by atoms with Crippen LogP contribution in [0.1, 0.15) is 0 Å². The Morgan fingerprint density at radius 3 is 1.17 bits per heavy atom. The van der Waals surface area contributed by atoms with Gasteiger partial charge in [0.1, 0.15) is 0 Å². The zero-order valence-electron chi connectivity index (χ0n) is 26.0. The molecule has 48 heavy (non-hydrogen) atoms. The summed E-state index contributed by atoms with van der Waals surface area (Å²) >= 11 is 0. The average Bonchev–Trinajstić information content (AvgIpc) is 3.18. The van der Waals surface area contributed by atoms with Crippen molar-refractivity contribution in [1.29, 1.82) is 0 Å². The Labute approximate surface area is 278 Å². The lowest BCUT2D eigenvalue weighted by molar-refractivity contribution is 1.07. The molecular weight excluding hydrogens is 585 g/mol. The minimum Gasteiger partial charge on any atom is -0.248 e. The van der Waals surface area contributed by atoms with Crippen LogP contribution in [0.25, 0.3) is 89.0 Å². The maximum atomic E-state index is 5.07. The number of rotatable bonds is 5. The highest BCUT2D eigenvalue weighted by atomic mass is 15.0. The second-order valence-corrected chi connectivity index (χ2v) is 11.9. The molecular formula is C44H28N4. The summed E-state index contributed by atoms with van der Waals surface area (Å²) in [6, 6.07) is 58.6. The predicted molar refractivity (Wildman–Crippen MR) is 197 cm³/mol. The van der Waals surface area contributed by atoms with Gasteiger partial charge in [0, 0.05) is 27.8 Å². The van der Waals surface area contributed by atoms with Crippen molar-refractivity contribution in [1.82, 2.24) is 19.9 Å². The number of nitrogens with zero attached hydrogens (tertiary/aromatic N) is 4. The largest absolute Gasteiger partial charge is 0.248 e. The van der Waals surface area contributed by atoms with E-state index in [0.29, 0.717) is 17.5 Å². The first-order chi connectivity index (χ1) is 23.8. The number of hydrogen-bond donors (Lipinski definition) is 0. The van der Waals surface area contributed by atoms with Crippen LogP contribution in [0.3, 0.4) is 0 Å². The molecule has 224 valence electrons. The highest BCUT2D eigenvalue weighted by Gasteiger charge is 2.15. The second-order valence-electron chi connectivity index (χ2n) is 11.9. The lowest BCUT2D eigenvalue weighted by atomic mass is 9.93. The highest BCUT2D eigenvalue weighted by molar-refractivity contribution is 6.25. The Bertz CT molecular complexity index is 2560. The standard InChI is InChI=1S/C44H28N4/c1-3-12-29(13-4-1)40-20-11-21-41(45-40)30-22-24-32(25-23-30)43-46-42(31-14-5-2-6-15-31)47-44(48-43)33-26-27-38-36-18-8-7-16-34(36)35-17-9-10-19-37(35)39(38)28-33/h1-28H. The summed E-state index contributed by atoms with van der Waals surface area (Å²) < 4.78 is 0. The quantitative estimate of drug-likeness (QED) is 0.181. The van der Waals surface area contributed by atoms with Gasteiger partial charge in [0.2, 0.25) is 0 Å². The van der Waals surface area contributed by atoms with Gasteiger partial charge in [-0.1, -0.05) is 152 Å². The Morgan fingerprint density at radius 1 is 0.229 bits per heavy atom. The molecule has 0 aliphatic heterocycles. The fourth-order valence-corrected chi connectivity index (χ4v) is 6.55. The summed E-state index contributed by atoms with van der Waals surface area (Å²) in [7, 11) is 0. The number of benzene rings is 7. The van der Waals surface area contributed by atoms with E-state index in [1.807, 2.05) is 60.7 Å². The Kier molecular flexibility index (Phi) is 6.76. The fourth-order valence-electron chi connectivity index (χ4n) is 6.55. The van der Waals surface area contributed by atoms with Crippen LogP contribution in [-0.2, 0) is 0 Å². The van der Waals surface area contributed by atoms with Gasteiger partial charge in [-0.05, 0) is 50.5 Å². The van der Waals surface area contributed by atoms with Crippen molar-refractivity contribution in [2.24, 2.45) is 0 Å². The molecule has 2 heterocycles. The third-order valence-corrected chi connectivity index (χ3v) is 8.93. The molecule has 9 rings (SSSR count). The minimum absolute atomic E-state index is 0.625. The summed E-state index contributed by atoms with van der Waals surface area (Å²) in [5.41, 5.74) is 6.79. The lowest BCUT2D eigenvalue weighted by Crippen LogP contribution is -2.00. The second kappa shape index (κ2) is 11.7. The van der Waals surface area contributed by atoms with Crippen molar-refractivity contribution >= 4 is 32.3 Å². The maximum absolute atomic E-state index is 5.07. The Morgan fingerprint density at radius 2 is 0.604 bits per heavy atom. The van der Waals surface area contributed by atoms with Crippen LogP contribution < -0.4 is 0 Å². The van der Waals surface area contributed by atoms with E-state index in [9.17, 15) is 0 Å². The van der Waals surface area contributed by atoms with Gasteiger partial charge in [-0.15, -0.1) is 0 Å². The normalized spacial score (nSPS) is 11.3. The van der Waals surface area contributed by atoms with Crippen molar-refractivity contribution in [2.75, 3.05) is 0 Å². The third-order valence-electron chi connectivity index (χ3n) is 8.93. The van der Waals surface area contributed by atoms with Crippen LogP contribution in [0.2, 0.25) is 0 Å². The van der Waals surface area contributed by atoms with E-state index in [1.54, 1.807) is 0 Å². The van der Waals surface area contributed by atoms with Crippen LogP contribution in [-0.4, -0.2) is 19.9 Å². The van der Waals surface area contributed by atoms with E-state index in [-0.39, 0.29) is 0 Å². The summed E-state index contributed by atoms with van der Waals surface area (Å²) in [5, 5.41) is 7.34. The molecule has 0 N–H and O–H groups in total. The van der Waals surface area contributed by atoms with Gasteiger partial charge in [-0.25, -0.2) is 19.9 Å². The zero-order valence-corrected chi connectivity index (χ0v) is 26.0. The lowest BCUT2D eigenvalue weighted by Gasteiger charge is -2.12. The minimum atomic E-state index is 0.625. The Balaban J connectivity index is 1.17. The van der Waals surface area contributed by atoms with Crippen molar-refractivity contribution in [3.63, 3.8) is 0 Å². The SMILES string of the molecule is c1ccc(-c2cccc(-c3ccc(-c4nc(-c5ccccc5)nc(-c5ccc6c7ccccc7c7ccccc7c6c5)n4)cc3)n2)cc1. The van der Waals surface area contributed by atoms with Crippen molar-refractivity contribution < 1.29 is 0 Å². The van der Waals surface area contributed by atoms with E-state index >= 15 is 0 Å². The smallest absolute Gasteiger partial charge is 0.164 e. The molecule has 0 aliphatic rings. The first-order valence-electron chi connectivity index (χ1n) is 16.1. The molecule has 0 unspecified atom stereocenters. The summed E-state index contributed by atoms with van der Waals surface area (Å²) in [5.74, 6) is 1.90. The number of hydrogen-bond acceptors (Lipinski definition) is 4. The molecule has 9 aromatic rings. The van der Waals surface area contributed by atoms with Crippen LogP contribution in [0.4, 0.5) is 0 Å². The number of fused-ring (bicyclic) bond motifs is 6. The van der Waals surface area contributed by atoms with Gasteiger partial charge in [-0.3, -0.25) is 0 Å². The van der Waals surface area contributed by atoms with E-state index < -0.39 is 0 Å². The van der Waals surface area contributed by atoms with Crippen LogP contribution in [0, 0.1) is 0 Å². The third kappa shape index (κ3) is 4.97. The van der Waals surface area contributed by atoms with Crippen molar-refractivity contribution in [3.8, 4) is 56.7 Å². The van der Waals surface area contributed by atoms with Gasteiger partial charge < -0.3 is 0 Å². The molecule has 0 aliphatic carbocycles. The molecule has 0 spiro atoms. The molecule has 0 amide bonds. The first kappa shape index (κ1) is 27.8. The van der Waals surface area contributed by atoms with Crippen molar-refractivity contribution in [2.45, 2.75) is 0 Å². The maximum Gasteiger partial charge on any atom is 0.164 e. The van der Waals surface area contributed by atoms with Gasteiger partial charge in [0.15, 0.2) is 17.5 Å². The van der Waals surface area contributed by atoms with Gasteiger partial charge in [0.25, 0.3) is 0 Å². The van der Waals surface area contributed by atoms with Gasteiger partial charge >= 0.3 is 0 Å². The number of pyridine rings is 1.